The van der Waals surface area contributed by atoms with Crippen molar-refractivity contribution in [1.82, 2.24) is 0 Å². The first-order valence-corrected chi connectivity index (χ1v) is 7.54. The maximum absolute atomic E-state index is 12.3. The summed E-state index contributed by atoms with van der Waals surface area (Å²) in [5.41, 5.74) is 2.02. The van der Waals surface area contributed by atoms with Crippen molar-refractivity contribution >= 4 is 12.3 Å². The Morgan fingerprint density at radius 3 is 2.61 bits per heavy atom. The highest BCUT2D eigenvalue weighted by molar-refractivity contribution is 5.91. The smallest absolute Gasteiger partial charge is 0.343 e. The molecule has 1 aliphatic heterocycles. The highest BCUT2D eigenvalue weighted by Gasteiger charge is 2.29. The summed E-state index contributed by atoms with van der Waals surface area (Å²) >= 11 is 0. The molecule has 4 heteroatoms. The maximum atomic E-state index is 12.3. The SMILES string of the molecule is CC1(C)CCOc2ccc(C(=O)Oc3ccc(C=O)cc3)cc21. The number of hydrogen-bond acceptors (Lipinski definition) is 4. The zero-order valence-electron chi connectivity index (χ0n) is 13.2. The fraction of sp³-hybridized carbons (Fsp3) is 0.263. The second-order valence-corrected chi connectivity index (χ2v) is 6.27. The molecule has 0 fully saturated rings. The fourth-order valence-electron chi connectivity index (χ4n) is 2.64. The van der Waals surface area contributed by atoms with Crippen LogP contribution in [0.1, 0.15) is 46.5 Å². The Hall–Kier alpha value is -2.62. The van der Waals surface area contributed by atoms with Gasteiger partial charge in [-0.05, 0) is 54.3 Å². The van der Waals surface area contributed by atoms with Crippen molar-refractivity contribution in [3.63, 3.8) is 0 Å². The van der Waals surface area contributed by atoms with Gasteiger partial charge in [-0.2, -0.15) is 0 Å². The van der Waals surface area contributed by atoms with Gasteiger partial charge in [-0.3, -0.25) is 4.79 Å². The molecular formula is C19H18O4. The van der Waals surface area contributed by atoms with Crippen LogP contribution in [0.15, 0.2) is 42.5 Å². The quantitative estimate of drug-likeness (QED) is 0.492. The van der Waals surface area contributed by atoms with Crippen molar-refractivity contribution in [2.75, 3.05) is 6.61 Å². The second-order valence-electron chi connectivity index (χ2n) is 6.27. The maximum Gasteiger partial charge on any atom is 0.343 e. The van der Waals surface area contributed by atoms with Crippen LogP contribution in [0.5, 0.6) is 11.5 Å². The highest BCUT2D eigenvalue weighted by atomic mass is 16.5. The molecule has 0 atom stereocenters. The predicted molar refractivity (Wildman–Crippen MR) is 86.4 cm³/mol. The predicted octanol–water partition coefficient (Wildman–Crippen LogP) is 3.78. The van der Waals surface area contributed by atoms with Crippen LogP contribution in [0.4, 0.5) is 0 Å². The van der Waals surface area contributed by atoms with Gasteiger partial charge < -0.3 is 9.47 Å². The summed E-state index contributed by atoms with van der Waals surface area (Å²) < 4.78 is 11.0. The molecule has 0 aliphatic carbocycles. The molecule has 0 saturated carbocycles. The summed E-state index contributed by atoms with van der Waals surface area (Å²) in [5, 5.41) is 0. The molecule has 0 radical (unpaired) electrons. The van der Waals surface area contributed by atoms with E-state index in [1.807, 2.05) is 12.1 Å². The third-order valence-electron chi connectivity index (χ3n) is 4.16. The molecule has 0 unspecified atom stereocenters. The van der Waals surface area contributed by atoms with Crippen molar-refractivity contribution in [2.45, 2.75) is 25.7 Å². The number of ether oxygens (including phenoxy) is 2. The van der Waals surface area contributed by atoms with Crippen LogP contribution in [0.3, 0.4) is 0 Å². The number of carbonyl (C=O) groups excluding carboxylic acids is 2. The number of benzene rings is 2. The molecule has 0 N–H and O–H groups in total. The minimum absolute atomic E-state index is 0.0323. The van der Waals surface area contributed by atoms with Gasteiger partial charge in [0.05, 0.1) is 12.2 Å². The Kier molecular flexibility index (Phi) is 3.90. The van der Waals surface area contributed by atoms with Crippen LogP contribution in [-0.4, -0.2) is 18.9 Å². The number of rotatable bonds is 3. The van der Waals surface area contributed by atoms with E-state index >= 15 is 0 Å². The normalized spacial score (nSPS) is 15.2. The lowest BCUT2D eigenvalue weighted by Crippen LogP contribution is -2.27. The standard InChI is InChI=1S/C19H18O4/c1-19(2)9-10-22-17-8-5-14(11-16(17)19)18(21)23-15-6-3-13(12-20)4-7-15/h3-8,11-12H,9-10H2,1-2H3. The lowest BCUT2D eigenvalue weighted by molar-refractivity contribution is 0.0734. The summed E-state index contributed by atoms with van der Waals surface area (Å²) in [5.74, 6) is 0.815. The summed E-state index contributed by atoms with van der Waals surface area (Å²) in [7, 11) is 0. The van der Waals surface area contributed by atoms with Crippen molar-refractivity contribution in [1.29, 1.82) is 0 Å². The molecule has 23 heavy (non-hydrogen) atoms. The van der Waals surface area contributed by atoms with E-state index in [9.17, 15) is 9.59 Å². The zero-order valence-corrected chi connectivity index (χ0v) is 13.2. The Balaban J connectivity index is 1.83. The summed E-state index contributed by atoms with van der Waals surface area (Å²) in [6.07, 6.45) is 1.66. The molecule has 2 aromatic carbocycles. The van der Waals surface area contributed by atoms with Crippen LogP contribution in [0.25, 0.3) is 0 Å². The lowest BCUT2D eigenvalue weighted by Gasteiger charge is -2.32. The average molecular weight is 310 g/mol. The number of hydrogen-bond donors (Lipinski definition) is 0. The van der Waals surface area contributed by atoms with E-state index in [1.165, 1.54) is 0 Å². The van der Waals surface area contributed by atoms with Crippen LogP contribution < -0.4 is 9.47 Å². The third kappa shape index (κ3) is 3.11. The van der Waals surface area contributed by atoms with Gasteiger partial charge in [0.25, 0.3) is 0 Å². The summed E-state index contributed by atoms with van der Waals surface area (Å²) in [6.45, 7) is 4.97. The van der Waals surface area contributed by atoms with Gasteiger partial charge in [-0.25, -0.2) is 4.79 Å². The highest BCUT2D eigenvalue weighted by Crippen LogP contribution is 2.38. The topological polar surface area (TPSA) is 52.6 Å². The van der Waals surface area contributed by atoms with Gasteiger partial charge in [-0.15, -0.1) is 0 Å². The number of esters is 1. The molecule has 0 bridgehead atoms. The molecule has 0 spiro atoms. The molecule has 0 amide bonds. The Labute approximate surface area is 135 Å². The Morgan fingerprint density at radius 1 is 1.17 bits per heavy atom. The van der Waals surface area contributed by atoms with E-state index < -0.39 is 5.97 Å². The second kappa shape index (κ2) is 5.88. The van der Waals surface area contributed by atoms with Gasteiger partial charge in [0.2, 0.25) is 0 Å². The van der Waals surface area contributed by atoms with E-state index in [1.54, 1.807) is 30.3 Å². The van der Waals surface area contributed by atoms with Crippen molar-refractivity contribution in [2.24, 2.45) is 0 Å². The minimum Gasteiger partial charge on any atom is -0.493 e. The summed E-state index contributed by atoms with van der Waals surface area (Å²) in [6, 6.07) is 11.8. The summed E-state index contributed by atoms with van der Waals surface area (Å²) in [4.78, 5) is 23.0. The van der Waals surface area contributed by atoms with E-state index in [0.29, 0.717) is 23.5 Å². The molecule has 4 nitrogen and oxygen atoms in total. The van der Waals surface area contributed by atoms with Crippen LogP contribution in [0, 0.1) is 0 Å². The van der Waals surface area contributed by atoms with Crippen LogP contribution >= 0.6 is 0 Å². The number of aldehydes is 1. The molecular weight excluding hydrogens is 292 g/mol. The molecule has 0 saturated heterocycles. The molecule has 1 heterocycles. The first kappa shape index (κ1) is 15.3. The van der Waals surface area contributed by atoms with E-state index in [4.69, 9.17) is 9.47 Å². The fourth-order valence-corrected chi connectivity index (χ4v) is 2.64. The first-order chi connectivity index (χ1) is 11.0. The van der Waals surface area contributed by atoms with Crippen LogP contribution in [-0.2, 0) is 5.41 Å². The monoisotopic (exact) mass is 310 g/mol. The van der Waals surface area contributed by atoms with E-state index in [-0.39, 0.29) is 5.41 Å². The van der Waals surface area contributed by atoms with Gasteiger partial charge in [0.15, 0.2) is 0 Å². The molecule has 118 valence electrons. The van der Waals surface area contributed by atoms with Gasteiger partial charge >= 0.3 is 5.97 Å². The van der Waals surface area contributed by atoms with Crippen molar-refractivity contribution in [3.05, 3.63) is 59.2 Å². The molecule has 1 aliphatic rings. The third-order valence-corrected chi connectivity index (χ3v) is 4.16. The molecule has 2 aromatic rings. The molecule has 3 rings (SSSR count). The van der Waals surface area contributed by atoms with Gasteiger partial charge in [0.1, 0.15) is 17.8 Å². The minimum atomic E-state index is -0.423. The first-order valence-electron chi connectivity index (χ1n) is 7.54. The Bertz CT molecular complexity index is 744. The zero-order chi connectivity index (χ0) is 16.4. The van der Waals surface area contributed by atoms with Crippen LogP contribution in [0.2, 0.25) is 0 Å². The van der Waals surface area contributed by atoms with E-state index in [0.717, 1.165) is 24.0 Å². The number of fused-ring (bicyclic) bond motifs is 1. The van der Waals surface area contributed by atoms with Crippen molar-refractivity contribution < 1.29 is 19.1 Å². The molecule has 0 aromatic heterocycles. The van der Waals surface area contributed by atoms with Gasteiger partial charge in [-0.1, -0.05) is 13.8 Å². The van der Waals surface area contributed by atoms with Crippen molar-refractivity contribution in [3.8, 4) is 11.5 Å². The average Bonchev–Trinajstić information content (AvgIpc) is 2.55. The Morgan fingerprint density at radius 2 is 1.91 bits per heavy atom. The van der Waals surface area contributed by atoms with Gasteiger partial charge in [0, 0.05) is 11.1 Å². The van der Waals surface area contributed by atoms with E-state index in [2.05, 4.69) is 13.8 Å². The lowest BCUT2D eigenvalue weighted by atomic mass is 9.79. The largest absolute Gasteiger partial charge is 0.493 e. The number of carbonyl (C=O) groups is 2.